The molecule has 5 nitrogen and oxygen atoms in total. The molecule has 0 radical (unpaired) electrons. The summed E-state index contributed by atoms with van der Waals surface area (Å²) >= 11 is 0. The molecule has 0 fully saturated rings. The lowest BCUT2D eigenvalue weighted by Gasteiger charge is -2.14. The van der Waals surface area contributed by atoms with Crippen LogP contribution in [0.3, 0.4) is 0 Å². The van der Waals surface area contributed by atoms with Gasteiger partial charge in [0.1, 0.15) is 11.9 Å². The average molecular weight is 258 g/mol. The molecule has 1 atom stereocenters. The van der Waals surface area contributed by atoms with Crippen molar-refractivity contribution in [1.82, 2.24) is 9.55 Å². The van der Waals surface area contributed by atoms with Gasteiger partial charge >= 0.3 is 15.6 Å². The zero-order valence-electron chi connectivity index (χ0n) is 8.39. The van der Waals surface area contributed by atoms with E-state index in [2.05, 4.69) is 9.17 Å². The lowest BCUT2D eigenvalue weighted by atomic mass is 10.4. The third-order valence-electron chi connectivity index (χ3n) is 1.78. The average Bonchev–Trinajstić information content (AvgIpc) is 2.48. The second-order valence-corrected chi connectivity index (χ2v) is 4.60. The van der Waals surface area contributed by atoms with Crippen LogP contribution in [0.2, 0.25) is 0 Å². The summed E-state index contributed by atoms with van der Waals surface area (Å²) in [5.74, 6) is 0.0906. The Labute approximate surface area is 90.0 Å². The van der Waals surface area contributed by atoms with E-state index in [1.165, 1.54) is 30.9 Å². The molecule has 1 aromatic heterocycles. The molecule has 16 heavy (non-hydrogen) atoms. The van der Waals surface area contributed by atoms with Gasteiger partial charge in [-0.25, -0.2) is 4.98 Å². The van der Waals surface area contributed by atoms with Gasteiger partial charge in [-0.05, 0) is 6.92 Å². The lowest BCUT2D eigenvalue weighted by molar-refractivity contribution is -0.0572. The fourth-order valence-electron chi connectivity index (χ4n) is 1.06. The van der Waals surface area contributed by atoms with Crippen LogP contribution in [0.15, 0.2) is 12.4 Å². The molecule has 1 heterocycles. The van der Waals surface area contributed by atoms with Gasteiger partial charge in [-0.2, -0.15) is 21.6 Å². The van der Waals surface area contributed by atoms with Crippen LogP contribution in [-0.2, 0) is 21.3 Å². The Morgan fingerprint density at radius 1 is 1.50 bits per heavy atom. The maximum Gasteiger partial charge on any atom is 0.523 e. The molecule has 0 saturated heterocycles. The molecule has 1 rings (SSSR count). The number of aryl methyl sites for hydroxylation is 1. The van der Waals surface area contributed by atoms with E-state index in [9.17, 15) is 21.6 Å². The molecule has 1 aromatic rings. The predicted molar refractivity (Wildman–Crippen MR) is 47.7 cm³/mol. The summed E-state index contributed by atoms with van der Waals surface area (Å²) in [4.78, 5) is 3.69. The zero-order valence-corrected chi connectivity index (χ0v) is 9.21. The molecule has 0 aromatic carbocycles. The number of aromatic nitrogens is 2. The number of halogens is 3. The minimum absolute atomic E-state index is 0.0906. The molecule has 0 N–H and O–H groups in total. The predicted octanol–water partition coefficient (Wildman–Crippen LogP) is 1.35. The summed E-state index contributed by atoms with van der Waals surface area (Å²) in [6, 6.07) is 0. The fourth-order valence-corrected chi connectivity index (χ4v) is 1.63. The van der Waals surface area contributed by atoms with Crippen LogP contribution < -0.4 is 0 Å². The Bertz CT molecular complexity index is 465. The van der Waals surface area contributed by atoms with Crippen LogP contribution >= 0.6 is 0 Å². The number of nitrogens with zero attached hydrogens (tertiary/aromatic N) is 2. The first kappa shape index (κ1) is 13.0. The van der Waals surface area contributed by atoms with Gasteiger partial charge in [0, 0.05) is 19.4 Å². The highest BCUT2D eigenvalue weighted by Gasteiger charge is 2.48. The first-order valence-electron chi connectivity index (χ1n) is 4.12. The largest absolute Gasteiger partial charge is 0.523 e. The summed E-state index contributed by atoms with van der Waals surface area (Å²) in [5, 5.41) is 0. The highest BCUT2D eigenvalue weighted by molar-refractivity contribution is 7.87. The summed E-state index contributed by atoms with van der Waals surface area (Å²) in [6.07, 6.45) is 1.50. The topological polar surface area (TPSA) is 61.2 Å². The van der Waals surface area contributed by atoms with Gasteiger partial charge in [0.05, 0.1) is 0 Å². The van der Waals surface area contributed by atoms with E-state index < -0.39 is 21.7 Å². The fraction of sp³-hybridized carbons (Fsp3) is 0.571. The van der Waals surface area contributed by atoms with Gasteiger partial charge in [0.2, 0.25) is 0 Å². The SMILES string of the molecule is CC(OS(=O)(=O)C(F)(F)F)c1nccn1C. The summed E-state index contributed by atoms with van der Waals surface area (Å²) < 4.78 is 62.7. The summed E-state index contributed by atoms with van der Waals surface area (Å²) in [6.45, 7) is 1.17. The Hall–Kier alpha value is -1.09. The maximum absolute atomic E-state index is 12.0. The number of hydrogen-bond donors (Lipinski definition) is 0. The first-order valence-corrected chi connectivity index (χ1v) is 5.53. The van der Waals surface area contributed by atoms with Crippen molar-refractivity contribution in [3.8, 4) is 0 Å². The minimum Gasteiger partial charge on any atom is -0.336 e. The molecule has 0 amide bonds. The van der Waals surface area contributed by atoms with E-state index >= 15 is 0 Å². The van der Waals surface area contributed by atoms with Gasteiger partial charge in [0.15, 0.2) is 0 Å². The number of hydrogen-bond acceptors (Lipinski definition) is 4. The van der Waals surface area contributed by atoms with Crippen molar-refractivity contribution in [2.45, 2.75) is 18.5 Å². The van der Waals surface area contributed by atoms with Gasteiger partial charge in [-0.3, -0.25) is 4.18 Å². The van der Waals surface area contributed by atoms with Crippen molar-refractivity contribution < 1.29 is 25.8 Å². The molecular weight excluding hydrogens is 249 g/mol. The normalized spacial score (nSPS) is 15.1. The van der Waals surface area contributed by atoms with Crippen LogP contribution in [0.1, 0.15) is 18.9 Å². The molecule has 0 bridgehead atoms. The van der Waals surface area contributed by atoms with Crippen molar-refractivity contribution in [2.24, 2.45) is 7.05 Å². The quantitative estimate of drug-likeness (QED) is 0.606. The van der Waals surface area contributed by atoms with Crippen molar-refractivity contribution in [3.63, 3.8) is 0 Å². The van der Waals surface area contributed by atoms with Gasteiger partial charge in [0.25, 0.3) is 0 Å². The van der Waals surface area contributed by atoms with E-state index in [0.717, 1.165) is 0 Å². The Kier molecular flexibility index (Phi) is 3.29. The van der Waals surface area contributed by atoms with E-state index in [-0.39, 0.29) is 5.82 Å². The van der Waals surface area contributed by atoms with E-state index in [1.807, 2.05) is 0 Å². The van der Waals surface area contributed by atoms with E-state index in [0.29, 0.717) is 0 Å². The standard InChI is InChI=1S/C7H9F3N2O3S/c1-5(6-11-3-4-12(6)2)15-16(13,14)7(8,9)10/h3-5H,1-2H3. The molecule has 0 saturated carbocycles. The number of alkyl halides is 3. The van der Waals surface area contributed by atoms with Gasteiger partial charge < -0.3 is 4.57 Å². The van der Waals surface area contributed by atoms with Gasteiger partial charge in [-0.1, -0.05) is 0 Å². The highest BCUT2D eigenvalue weighted by atomic mass is 32.2. The van der Waals surface area contributed by atoms with Crippen molar-refractivity contribution >= 4 is 10.1 Å². The van der Waals surface area contributed by atoms with Gasteiger partial charge in [-0.15, -0.1) is 0 Å². The van der Waals surface area contributed by atoms with Crippen LogP contribution in [-0.4, -0.2) is 23.5 Å². The van der Waals surface area contributed by atoms with E-state index in [1.54, 1.807) is 0 Å². The summed E-state index contributed by atoms with van der Waals surface area (Å²) in [5.41, 5.74) is -5.42. The Morgan fingerprint density at radius 3 is 2.44 bits per heavy atom. The zero-order chi connectivity index (χ0) is 12.6. The number of imidazole rings is 1. The van der Waals surface area contributed by atoms with Crippen molar-refractivity contribution in [1.29, 1.82) is 0 Å². The van der Waals surface area contributed by atoms with Crippen LogP contribution in [0, 0.1) is 0 Å². The van der Waals surface area contributed by atoms with Crippen LogP contribution in [0.5, 0.6) is 0 Å². The molecule has 0 spiro atoms. The maximum atomic E-state index is 12.0. The van der Waals surface area contributed by atoms with Crippen LogP contribution in [0.4, 0.5) is 13.2 Å². The van der Waals surface area contributed by atoms with Crippen LogP contribution in [0.25, 0.3) is 0 Å². The molecule has 1 unspecified atom stereocenters. The lowest BCUT2D eigenvalue weighted by Crippen LogP contribution is -2.27. The first-order chi connectivity index (χ1) is 7.15. The molecule has 92 valence electrons. The summed E-state index contributed by atoms with van der Waals surface area (Å²) in [7, 11) is -4.08. The van der Waals surface area contributed by atoms with Crippen molar-refractivity contribution in [2.75, 3.05) is 0 Å². The Morgan fingerprint density at radius 2 is 2.06 bits per heavy atom. The monoisotopic (exact) mass is 258 g/mol. The molecule has 0 aliphatic heterocycles. The second kappa shape index (κ2) is 4.06. The Balaban J connectivity index is 2.89. The van der Waals surface area contributed by atoms with Crippen molar-refractivity contribution in [3.05, 3.63) is 18.2 Å². The molecule has 0 aliphatic rings. The molecule has 0 aliphatic carbocycles. The number of rotatable bonds is 3. The smallest absolute Gasteiger partial charge is 0.336 e. The third-order valence-corrected chi connectivity index (χ3v) is 2.89. The molecule has 9 heteroatoms. The minimum atomic E-state index is -5.59. The highest BCUT2D eigenvalue weighted by Crippen LogP contribution is 2.29. The third kappa shape index (κ3) is 2.53. The van der Waals surface area contributed by atoms with E-state index in [4.69, 9.17) is 0 Å². The molecular formula is C7H9F3N2O3S. The second-order valence-electron chi connectivity index (χ2n) is 3.03.